The van der Waals surface area contributed by atoms with Crippen LogP contribution >= 0.6 is 0 Å². The van der Waals surface area contributed by atoms with Gasteiger partial charge in [0.05, 0.1) is 5.25 Å². The Morgan fingerprint density at radius 2 is 2.25 bits per heavy atom. The van der Waals surface area contributed by atoms with Crippen molar-refractivity contribution in [1.82, 2.24) is 14.5 Å². The van der Waals surface area contributed by atoms with E-state index < -0.39 is 10.0 Å². The minimum absolute atomic E-state index is 0.374. The zero-order valence-electron chi connectivity index (χ0n) is 9.52. The number of hydrogen-bond donors (Lipinski definition) is 1. The fourth-order valence-electron chi connectivity index (χ4n) is 1.84. The second-order valence-electron chi connectivity index (χ2n) is 4.32. The largest absolute Gasteiger partial charge is 0.282 e. The van der Waals surface area contributed by atoms with Crippen molar-refractivity contribution in [2.75, 3.05) is 6.54 Å². The predicted molar refractivity (Wildman–Crippen MR) is 60.2 cm³/mol. The number of nitrogens with one attached hydrogen (secondary N) is 1. The van der Waals surface area contributed by atoms with E-state index >= 15 is 0 Å². The highest BCUT2D eigenvalue weighted by Gasteiger charge is 2.28. The van der Waals surface area contributed by atoms with Crippen molar-refractivity contribution in [3.63, 3.8) is 0 Å². The number of hydrogen-bond acceptors (Lipinski definition) is 3. The van der Waals surface area contributed by atoms with Gasteiger partial charge in [-0.05, 0) is 26.7 Å². The van der Waals surface area contributed by atoms with Crippen LogP contribution in [0.4, 0.5) is 0 Å². The molecule has 0 saturated heterocycles. The van der Waals surface area contributed by atoms with Gasteiger partial charge in [-0.15, -0.1) is 0 Å². The molecule has 2 rings (SSSR count). The van der Waals surface area contributed by atoms with Crippen molar-refractivity contribution in [1.29, 1.82) is 0 Å². The van der Waals surface area contributed by atoms with Crippen LogP contribution in [0.25, 0.3) is 0 Å². The van der Waals surface area contributed by atoms with Crippen LogP contribution in [0, 0.1) is 6.20 Å². The summed E-state index contributed by atoms with van der Waals surface area (Å²) in [5.74, 6) is 0. The summed E-state index contributed by atoms with van der Waals surface area (Å²) in [6.07, 6.45) is 4.50. The smallest absolute Gasteiger partial charge is 0.216 e. The molecule has 0 atom stereocenters. The summed E-state index contributed by atoms with van der Waals surface area (Å²) in [5, 5.41) is 6.33. The molecule has 0 saturated carbocycles. The zero-order valence-corrected chi connectivity index (χ0v) is 10.3. The number of aromatic amines is 1. The molecule has 0 aromatic carbocycles. The number of aryl methyl sites for hydroxylation is 1. The summed E-state index contributed by atoms with van der Waals surface area (Å²) in [6, 6.07) is 0. The summed E-state index contributed by atoms with van der Waals surface area (Å²) in [7, 11) is -3.17. The molecule has 0 spiro atoms. The van der Waals surface area contributed by atoms with Crippen LogP contribution in [0.3, 0.4) is 0 Å². The SMILES string of the molecule is CC(C)S(=O)(=O)N1CCCc2[nH]n[c]c2C1. The second-order valence-corrected chi connectivity index (χ2v) is 6.81. The number of sulfonamides is 1. The first-order chi connectivity index (χ1) is 7.51. The zero-order chi connectivity index (χ0) is 11.8. The van der Waals surface area contributed by atoms with Crippen LogP contribution < -0.4 is 0 Å². The van der Waals surface area contributed by atoms with Gasteiger partial charge >= 0.3 is 0 Å². The number of nitrogens with zero attached hydrogens (tertiary/aromatic N) is 2. The first-order valence-corrected chi connectivity index (χ1v) is 6.95. The maximum Gasteiger partial charge on any atom is 0.216 e. The van der Waals surface area contributed by atoms with Gasteiger partial charge in [0.15, 0.2) is 0 Å². The van der Waals surface area contributed by atoms with Gasteiger partial charge in [0.25, 0.3) is 0 Å². The molecule has 1 aromatic rings. The molecular weight excluding hydrogens is 226 g/mol. The monoisotopic (exact) mass is 242 g/mol. The quantitative estimate of drug-likeness (QED) is 0.830. The van der Waals surface area contributed by atoms with E-state index in [9.17, 15) is 8.42 Å². The molecule has 1 aliphatic rings. The fraction of sp³-hybridized carbons (Fsp3) is 0.700. The van der Waals surface area contributed by atoms with E-state index in [0.717, 1.165) is 24.1 Å². The molecule has 16 heavy (non-hydrogen) atoms. The first-order valence-electron chi connectivity index (χ1n) is 5.44. The van der Waals surface area contributed by atoms with E-state index in [-0.39, 0.29) is 5.25 Å². The molecular formula is C10H16N3O2S. The van der Waals surface area contributed by atoms with Crippen LogP contribution in [-0.2, 0) is 23.0 Å². The normalized spacial score (nSPS) is 18.4. The van der Waals surface area contributed by atoms with Crippen LogP contribution in [0.15, 0.2) is 0 Å². The predicted octanol–water partition coefficient (Wildman–Crippen LogP) is 0.696. The Balaban J connectivity index is 2.27. The van der Waals surface area contributed by atoms with E-state index in [4.69, 9.17) is 0 Å². The van der Waals surface area contributed by atoms with Gasteiger partial charge in [0.1, 0.15) is 6.20 Å². The molecule has 0 unspecified atom stereocenters. The van der Waals surface area contributed by atoms with Gasteiger partial charge in [-0.2, -0.15) is 9.40 Å². The van der Waals surface area contributed by atoms with E-state index in [1.54, 1.807) is 13.8 Å². The van der Waals surface area contributed by atoms with Gasteiger partial charge < -0.3 is 0 Å². The Morgan fingerprint density at radius 3 is 2.94 bits per heavy atom. The highest BCUT2D eigenvalue weighted by Crippen LogP contribution is 2.20. The highest BCUT2D eigenvalue weighted by molar-refractivity contribution is 7.89. The lowest BCUT2D eigenvalue weighted by Crippen LogP contribution is -2.36. The van der Waals surface area contributed by atoms with Crippen LogP contribution in [0.1, 0.15) is 31.5 Å². The third-order valence-electron chi connectivity index (χ3n) is 2.87. The molecule has 0 aliphatic carbocycles. The van der Waals surface area contributed by atoms with Gasteiger partial charge in [0.2, 0.25) is 10.0 Å². The molecule has 0 bridgehead atoms. The van der Waals surface area contributed by atoms with Crippen LogP contribution in [0.2, 0.25) is 0 Å². The molecule has 1 aromatic heterocycles. The molecule has 0 amide bonds. The Labute approximate surface area is 95.9 Å². The summed E-state index contributed by atoms with van der Waals surface area (Å²) in [4.78, 5) is 0. The summed E-state index contributed by atoms with van der Waals surface area (Å²) in [5.41, 5.74) is 1.89. The molecule has 89 valence electrons. The number of H-pyrrole nitrogens is 1. The number of aromatic nitrogens is 2. The van der Waals surface area contributed by atoms with E-state index in [1.807, 2.05) is 0 Å². The average molecular weight is 242 g/mol. The maximum atomic E-state index is 12.1. The van der Waals surface area contributed by atoms with Crippen molar-refractivity contribution >= 4 is 10.0 Å². The molecule has 0 fully saturated rings. The van der Waals surface area contributed by atoms with E-state index in [1.165, 1.54) is 4.31 Å². The number of fused-ring (bicyclic) bond motifs is 1. The van der Waals surface area contributed by atoms with Crippen molar-refractivity contribution in [2.24, 2.45) is 0 Å². The summed E-state index contributed by atoms with van der Waals surface area (Å²) < 4.78 is 25.6. The van der Waals surface area contributed by atoms with Gasteiger partial charge in [-0.1, -0.05) is 0 Å². The maximum absolute atomic E-state index is 12.1. The Bertz CT molecular complexity index is 464. The third kappa shape index (κ3) is 1.99. The van der Waals surface area contributed by atoms with Gasteiger partial charge in [-0.25, -0.2) is 8.42 Å². The molecule has 2 heterocycles. The van der Waals surface area contributed by atoms with Crippen LogP contribution in [0.5, 0.6) is 0 Å². The molecule has 1 aliphatic heterocycles. The minimum Gasteiger partial charge on any atom is -0.282 e. The molecule has 6 heteroatoms. The van der Waals surface area contributed by atoms with Crippen molar-refractivity contribution in [3.05, 3.63) is 17.5 Å². The average Bonchev–Trinajstić information content (AvgIpc) is 2.55. The Kier molecular flexibility index (Phi) is 3.03. The highest BCUT2D eigenvalue weighted by atomic mass is 32.2. The fourth-order valence-corrected chi connectivity index (χ4v) is 3.13. The minimum atomic E-state index is -3.17. The van der Waals surface area contributed by atoms with Crippen LogP contribution in [-0.4, -0.2) is 34.7 Å². The van der Waals surface area contributed by atoms with E-state index in [2.05, 4.69) is 16.4 Å². The van der Waals surface area contributed by atoms with Crippen molar-refractivity contribution < 1.29 is 8.42 Å². The lowest BCUT2D eigenvalue weighted by atomic mass is 10.2. The lowest BCUT2D eigenvalue weighted by molar-refractivity contribution is 0.404. The van der Waals surface area contributed by atoms with Crippen molar-refractivity contribution in [2.45, 2.75) is 38.5 Å². The van der Waals surface area contributed by atoms with Gasteiger partial charge in [0, 0.05) is 24.3 Å². The second kappa shape index (κ2) is 4.18. The molecule has 1 radical (unpaired) electrons. The molecule has 5 nitrogen and oxygen atoms in total. The summed E-state index contributed by atoms with van der Waals surface area (Å²) >= 11 is 0. The van der Waals surface area contributed by atoms with E-state index in [0.29, 0.717) is 13.1 Å². The topological polar surface area (TPSA) is 66.1 Å². The lowest BCUT2D eigenvalue weighted by Gasteiger charge is -2.22. The Hall–Kier alpha value is -0.880. The van der Waals surface area contributed by atoms with Crippen molar-refractivity contribution in [3.8, 4) is 0 Å². The third-order valence-corrected chi connectivity index (χ3v) is 5.09. The first kappa shape index (κ1) is 11.6. The molecule has 1 N–H and O–H groups in total. The summed E-state index contributed by atoms with van der Waals surface area (Å²) in [6.45, 7) is 4.39. The Morgan fingerprint density at radius 1 is 1.50 bits per heavy atom. The number of rotatable bonds is 2. The standard InChI is InChI=1S/C10H16N3O2S/c1-8(2)16(14,15)13-5-3-4-10-9(7-13)6-11-12-10/h8H,3-5,7H2,1-2H3,(H,11,12). The van der Waals surface area contributed by atoms with Gasteiger partial charge in [-0.3, -0.25) is 5.10 Å².